The van der Waals surface area contributed by atoms with E-state index in [0.717, 1.165) is 33.2 Å². The molecule has 0 amide bonds. The molecule has 0 fully saturated rings. The minimum atomic E-state index is -0.254. The van der Waals surface area contributed by atoms with E-state index in [0.29, 0.717) is 28.0 Å². The molecule has 0 spiro atoms. The quantitative estimate of drug-likeness (QED) is 0.372. The first-order valence-corrected chi connectivity index (χ1v) is 10.4. The highest BCUT2D eigenvalue weighted by atomic mass is 35.5. The molecule has 158 valence electrons. The monoisotopic (exact) mass is 444 g/mol. The van der Waals surface area contributed by atoms with Crippen LogP contribution < -0.4 is 14.2 Å². The number of aromatic nitrogens is 4. The highest BCUT2D eigenvalue weighted by molar-refractivity contribution is 6.36. The Morgan fingerprint density at radius 3 is 2.59 bits per heavy atom. The average molecular weight is 445 g/mol. The van der Waals surface area contributed by atoms with Crippen LogP contribution in [0.1, 0.15) is 22.6 Å². The van der Waals surface area contributed by atoms with E-state index in [9.17, 15) is 0 Å². The SMILES string of the molecule is COc1ccc([C@H]2c3cc(Cl)c4ccccc4c3Oc3ncn4ncnc4c32)cc1OC. The van der Waals surface area contributed by atoms with Crippen molar-refractivity contribution < 1.29 is 14.2 Å². The number of hydrogen-bond acceptors (Lipinski definition) is 6. The van der Waals surface area contributed by atoms with Gasteiger partial charge in [-0.25, -0.2) is 14.5 Å². The molecule has 8 heteroatoms. The van der Waals surface area contributed by atoms with E-state index >= 15 is 0 Å². The van der Waals surface area contributed by atoms with Crippen LogP contribution in [0.3, 0.4) is 0 Å². The Kier molecular flexibility index (Phi) is 4.19. The van der Waals surface area contributed by atoms with Crippen molar-refractivity contribution in [1.29, 1.82) is 0 Å². The molecule has 2 aromatic heterocycles. The maximum absolute atomic E-state index is 6.73. The summed E-state index contributed by atoms with van der Waals surface area (Å²) in [5.74, 6) is 2.25. The molecule has 5 aromatic rings. The van der Waals surface area contributed by atoms with Gasteiger partial charge in [0.05, 0.1) is 19.8 Å². The van der Waals surface area contributed by atoms with Gasteiger partial charge < -0.3 is 14.2 Å². The van der Waals surface area contributed by atoms with Gasteiger partial charge in [-0.3, -0.25) is 0 Å². The third-order valence-corrected chi connectivity index (χ3v) is 6.15. The van der Waals surface area contributed by atoms with Crippen LogP contribution in [0, 0.1) is 0 Å². The molecule has 0 unspecified atom stereocenters. The van der Waals surface area contributed by atoms with Gasteiger partial charge in [-0.15, -0.1) is 0 Å². The Hall–Kier alpha value is -3.84. The molecule has 6 rings (SSSR count). The topological polar surface area (TPSA) is 70.8 Å². The second-order valence-corrected chi connectivity index (χ2v) is 7.87. The average Bonchev–Trinajstić information content (AvgIpc) is 3.32. The lowest BCUT2D eigenvalue weighted by Crippen LogP contribution is -2.15. The molecule has 1 aliphatic rings. The Morgan fingerprint density at radius 1 is 0.969 bits per heavy atom. The molecule has 0 bridgehead atoms. The Balaban J connectivity index is 1.70. The first kappa shape index (κ1) is 18.9. The normalized spacial score (nSPS) is 14.7. The largest absolute Gasteiger partial charge is 0.493 e. The van der Waals surface area contributed by atoms with Crippen LogP contribution in [0.5, 0.6) is 23.1 Å². The van der Waals surface area contributed by atoms with Gasteiger partial charge in [-0.1, -0.05) is 41.9 Å². The van der Waals surface area contributed by atoms with E-state index in [1.54, 1.807) is 25.1 Å². The van der Waals surface area contributed by atoms with Crippen molar-refractivity contribution in [2.45, 2.75) is 5.92 Å². The first-order chi connectivity index (χ1) is 15.7. The zero-order valence-electron chi connectivity index (χ0n) is 17.2. The molecular weight excluding hydrogens is 428 g/mol. The highest BCUT2D eigenvalue weighted by Gasteiger charge is 2.35. The summed E-state index contributed by atoms with van der Waals surface area (Å²) in [5.41, 5.74) is 3.38. The lowest BCUT2D eigenvalue weighted by Gasteiger charge is -2.29. The van der Waals surface area contributed by atoms with Crippen molar-refractivity contribution in [3.8, 4) is 23.1 Å². The number of benzene rings is 3. The zero-order valence-corrected chi connectivity index (χ0v) is 18.0. The summed E-state index contributed by atoms with van der Waals surface area (Å²) >= 11 is 6.73. The summed E-state index contributed by atoms with van der Waals surface area (Å²) in [6, 6.07) is 15.7. The highest BCUT2D eigenvalue weighted by Crippen LogP contribution is 2.52. The van der Waals surface area contributed by atoms with Crippen molar-refractivity contribution in [3.05, 3.63) is 82.9 Å². The van der Waals surface area contributed by atoms with Gasteiger partial charge in [0.15, 0.2) is 17.1 Å². The second kappa shape index (κ2) is 7.10. The number of rotatable bonds is 3. The fourth-order valence-electron chi connectivity index (χ4n) is 4.42. The standard InChI is InChI=1S/C24H17ClN4O3/c1-30-18-8-7-13(9-19(18)31-2)20-16-10-17(25)14-5-3-4-6-15(14)22(16)32-24-21(20)23-26-11-28-29(23)12-27-24/h3-12,20H,1-2H3/t20-/m0/s1. The van der Waals surface area contributed by atoms with Gasteiger partial charge >= 0.3 is 0 Å². The number of fused-ring (bicyclic) bond motifs is 6. The zero-order chi connectivity index (χ0) is 21.8. The number of methoxy groups -OCH3 is 2. The van der Waals surface area contributed by atoms with Gasteiger partial charge in [0.25, 0.3) is 0 Å². The van der Waals surface area contributed by atoms with Crippen molar-refractivity contribution in [2.75, 3.05) is 14.2 Å². The molecule has 0 N–H and O–H groups in total. The fourth-order valence-corrected chi connectivity index (χ4v) is 4.70. The summed E-state index contributed by atoms with van der Waals surface area (Å²) in [5, 5.41) is 6.75. The van der Waals surface area contributed by atoms with Crippen molar-refractivity contribution in [1.82, 2.24) is 19.6 Å². The summed E-state index contributed by atoms with van der Waals surface area (Å²) in [6.07, 6.45) is 3.11. The minimum absolute atomic E-state index is 0.254. The van der Waals surface area contributed by atoms with Gasteiger partial charge in [0, 0.05) is 27.3 Å². The minimum Gasteiger partial charge on any atom is -0.493 e. The Labute approximate surface area is 188 Å². The molecule has 32 heavy (non-hydrogen) atoms. The van der Waals surface area contributed by atoms with E-state index in [2.05, 4.69) is 15.1 Å². The molecule has 1 atom stereocenters. The Morgan fingerprint density at radius 2 is 1.78 bits per heavy atom. The lowest BCUT2D eigenvalue weighted by atomic mass is 9.82. The predicted molar refractivity (Wildman–Crippen MR) is 120 cm³/mol. The summed E-state index contributed by atoms with van der Waals surface area (Å²) in [6.45, 7) is 0. The second-order valence-electron chi connectivity index (χ2n) is 7.46. The van der Waals surface area contributed by atoms with Crippen LogP contribution in [0.25, 0.3) is 16.4 Å². The number of hydrogen-bond donors (Lipinski definition) is 0. The third kappa shape index (κ3) is 2.64. The summed E-state index contributed by atoms with van der Waals surface area (Å²) in [7, 11) is 3.24. The van der Waals surface area contributed by atoms with Crippen molar-refractivity contribution in [3.63, 3.8) is 0 Å². The predicted octanol–water partition coefficient (Wildman–Crippen LogP) is 5.23. The molecular formula is C24H17ClN4O3. The van der Waals surface area contributed by atoms with E-state index in [1.807, 2.05) is 48.5 Å². The van der Waals surface area contributed by atoms with Gasteiger partial charge in [0.1, 0.15) is 18.4 Å². The van der Waals surface area contributed by atoms with Crippen LogP contribution in [0.15, 0.2) is 61.2 Å². The van der Waals surface area contributed by atoms with Crippen LogP contribution in [-0.2, 0) is 0 Å². The van der Waals surface area contributed by atoms with E-state index in [1.165, 1.54) is 6.33 Å². The smallest absolute Gasteiger partial charge is 0.228 e. The molecule has 7 nitrogen and oxygen atoms in total. The van der Waals surface area contributed by atoms with Crippen LogP contribution in [-0.4, -0.2) is 33.8 Å². The van der Waals surface area contributed by atoms with E-state index in [4.69, 9.17) is 25.8 Å². The van der Waals surface area contributed by atoms with Gasteiger partial charge in [0.2, 0.25) is 5.88 Å². The van der Waals surface area contributed by atoms with Crippen LogP contribution in [0.2, 0.25) is 5.02 Å². The molecule has 0 saturated carbocycles. The molecule has 3 heterocycles. The summed E-state index contributed by atoms with van der Waals surface area (Å²) in [4.78, 5) is 9.03. The van der Waals surface area contributed by atoms with Gasteiger partial charge in [-0.2, -0.15) is 5.10 Å². The molecule has 0 radical (unpaired) electrons. The maximum Gasteiger partial charge on any atom is 0.228 e. The fraction of sp³-hybridized carbons (Fsp3) is 0.125. The third-order valence-electron chi connectivity index (χ3n) is 5.84. The molecule has 0 aliphatic carbocycles. The van der Waals surface area contributed by atoms with E-state index in [-0.39, 0.29) is 5.92 Å². The van der Waals surface area contributed by atoms with Crippen LogP contribution >= 0.6 is 11.6 Å². The number of ether oxygens (including phenoxy) is 3. The first-order valence-electron chi connectivity index (χ1n) is 9.98. The van der Waals surface area contributed by atoms with Crippen molar-refractivity contribution in [2.24, 2.45) is 0 Å². The molecule has 1 aliphatic heterocycles. The van der Waals surface area contributed by atoms with Crippen LogP contribution in [0.4, 0.5) is 0 Å². The molecule has 3 aromatic carbocycles. The Bertz CT molecular complexity index is 1510. The van der Waals surface area contributed by atoms with Crippen molar-refractivity contribution >= 4 is 28.0 Å². The summed E-state index contributed by atoms with van der Waals surface area (Å²) < 4.78 is 19.0. The molecule has 0 saturated heterocycles. The number of nitrogens with zero attached hydrogens (tertiary/aromatic N) is 4. The van der Waals surface area contributed by atoms with E-state index < -0.39 is 0 Å². The lowest BCUT2D eigenvalue weighted by molar-refractivity contribution is 0.354. The van der Waals surface area contributed by atoms with Gasteiger partial charge in [-0.05, 0) is 23.8 Å². The maximum atomic E-state index is 6.73. The number of halogens is 1.